The number of aromatic nitrogens is 2. The summed E-state index contributed by atoms with van der Waals surface area (Å²) in [6, 6.07) is 26.1. The molecule has 0 spiro atoms. The summed E-state index contributed by atoms with van der Waals surface area (Å²) < 4.78 is 0. The summed E-state index contributed by atoms with van der Waals surface area (Å²) in [5.41, 5.74) is 4.25. The van der Waals surface area contributed by atoms with Crippen molar-refractivity contribution in [1.29, 1.82) is 0 Å². The molecule has 0 aliphatic carbocycles. The van der Waals surface area contributed by atoms with E-state index in [9.17, 15) is 10.2 Å². The van der Waals surface area contributed by atoms with E-state index in [1.807, 2.05) is 60.7 Å². The number of aromatic hydroxyl groups is 2. The van der Waals surface area contributed by atoms with Crippen LogP contribution in [0.4, 0.5) is 0 Å². The van der Waals surface area contributed by atoms with Crippen LogP contribution in [0.3, 0.4) is 0 Å². The molecule has 0 aliphatic rings. The predicted molar refractivity (Wildman–Crippen MR) is 111 cm³/mol. The number of rotatable bonds is 2. The monoisotopic (exact) mass is 428 g/mol. The van der Waals surface area contributed by atoms with Crippen molar-refractivity contribution in [2.45, 2.75) is 0 Å². The molecule has 0 saturated heterocycles. The molecule has 0 radical (unpaired) electrons. The Hall–Kier alpha value is -3.30. The zero-order valence-electron chi connectivity index (χ0n) is 15.6. The number of nitrogens with zero attached hydrogens (tertiary/aromatic N) is 2. The van der Waals surface area contributed by atoms with Crippen molar-refractivity contribution in [2.75, 3.05) is 0 Å². The van der Waals surface area contributed by atoms with Gasteiger partial charge in [0, 0.05) is 41.4 Å². The Morgan fingerprint density at radius 1 is 0.483 bits per heavy atom. The van der Waals surface area contributed by atoms with Crippen molar-refractivity contribution in [3.63, 3.8) is 0 Å². The number of para-hydroxylation sites is 2. The van der Waals surface area contributed by atoms with Crippen LogP contribution in [0.25, 0.3) is 44.3 Å². The van der Waals surface area contributed by atoms with Crippen LogP contribution < -0.4 is 0 Å². The number of fused-ring (bicyclic) bond motifs is 3. The summed E-state index contributed by atoms with van der Waals surface area (Å²) in [5, 5.41) is 22.3. The first-order valence-electron chi connectivity index (χ1n) is 8.98. The first-order valence-corrected chi connectivity index (χ1v) is 8.98. The number of phenolic OH excluding ortho intramolecular Hbond substituents is 2. The normalized spacial score (nSPS) is 10.8. The minimum absolute atomic E-state index is 0. The summed E-state index contributed by atoms with van der Waals surface area (Å²) in [6.45, 7) is 0. The third-order valence-corrected chi connectivity index (χ3v) is 4.88. The molecular formula is C24H16N2O2Zn. The van der Waals surface area contributed by atoms with Crippen LogP contribution in [0.15, 0.2) is 84.9 Å². The van der Waals surface area contributed by atoms with Gasteiger partial charge in [0.15, 0.2) is 0 Å². The number of hydrogen-bond donors (Lipinski definition) is 2. The molecule has 5 aromatic rings. The Morgan fingerprint density at radius 3 is 1.28 bits per heavy atom. The van der Waals surface area contributed by atoms with Gasteiger partial charge in [-0.05, 0) is 36.4 Å². The van der Waals surface area contributed by atoms with Gasteiger partial charge in [0.1, 0.15) is 11.5 Å². The second-order valence-electron chi connectivity index (χ2n) is 6.64. The quantitative estimate of drug-likeness (QED) is 0.286. The van der Waals surface area contributed by atoms with Crippen LogP contribution in [0, 0.1) is 0 Å². The Bertz CT molecular complexity index is 1250. The second-order valence-corrected chi connectivity index (χ2v) is 6.64. The number of hydrogen-bond acceptors (Lipinski definition) is 4. The summed E-state index contributed by atoms with van der Waals surface area (Å²) in [6.07, 6.45) is 0. The summed E-state index contributed by atoms with van der Waals surface area (Å²) in [4.78, 5) is 9.61. The minimum Gasteiger partial charge on any atom is -0.507 e. The molecule has 0 aliphatic heterocycles. The van der Waals surface area contributed by atoms with Crippen molar-refractivity contribution in [1.82, 2.24) is 9.97 Å². The van der Waals surface area contributed by atoms with Gasteiger partial charge in [-0.1, -0.05) is 48.5 Å². The molecule has 0 fully saturated rings. The van der Waals surface area contributed by atoms with Gasteiger partial charge in [-0.15, -0.1) is 0 Å². The van der Waals surface area contributed by atoms with Gasteiger partial charge < -0.3 is 10.2 Å². The Morgan fingerprint density at radius 2 is 0.862 bits per heavy atom. The average Bonchev–Trinajstić information content (AvgIpc) is 2.74. The SMILES string of the molecule is Oc1ccccc1-c1ccc2ccc3ccc(-c4ccccc4O)nc3c2n1.[Zn]. The van der Waals surface area contributed by atoms with Crippen LogP contribution in [-0.2, 0) is 19.5 Å². The summed E-state index contributed by atoms with van der Waals surface area (Å²) in [5.74, 6) is 0.384. The van der Waals surface area contributed by atoms with E-state index in [2.05, 4.69) is 0 Å². The molecule has 2 N–H and O–H groups in total. The van der Waals surface area contributed by atoms with E-state index in [0.717, 1.165) is 21.8 Å². The number of phenols is 2. The molecule has 2 heterocycles. The van der Waals surface area contributed by atoms with Gasteiger partial charge in [0.2, 0.25) is 0 Å². The molecule has 0 atom stereocenters. The van der Waals surface area contributed by atoms with Gasteiger partial charge in [0.05, 0.1) is 22.4 Å². The van der Waals surface area contributed by atoms with Gasteiger partial charge >= 0.3 is 0 Å². The molecule has 2 aromatic heterocycles. The van der Waals surface area contributed by atoms with Gasteiger partial charge in [-0.3, -0.25) is 0 Å². The van der Waals surface area contributed by atoms with Crippen LogP contribution in [-0.4, -0.2) is 20.2 Å². The fourth-order valence-electron chi connectivity index (χ4n) is 3.45. The van der Waals surface area contributed by atoms with E-state index in [1.54, 1.807) is 24.3 Å². The maximum absolute atomic E-state index is 10.2. The van der Waals surface area contributed by atoms with Gasteiger partial charge in [0.25, 0.3) is 0 Å². The third kappa shape index (κ3) is 3.34. The molecule has 0 amide bonds. The second kappa shape index (κ2) is 7.61. The van der Waals surface area contributed by atoms with E-state index in [1.165, 1.54) is 0 Å². The van der Waals surface area contributed by atoms with Crippen molar-refractivity contribution >= 4 is 21.8 Å². The van der Waals surface area contributed by atoms with Crippen LogP contribution in [0.2, 0.25) is 0 Å². The number of pyridine rings is 2. The van der Waals surface area contributed by atoms with Crippen LogP contribution >= 0.6 is 0 Å². The maximum atomic E-state index is 10.2. The van der Waals surface area contributed by atoms with Crippen LogP contribution in [0.5, 0.6) is 11.5 Å². The van der Waals surface area contributed by atoms with Crippen LogP contribution in [0.1, 0.15) is 0 Å². The van der Waals surface area contributed by atoms with E-state index in [0.29, 0.717) is 22.5 Å². The minimum atomic E-state index is 0. The largest absolute Gasteiger partial charge is 0.507 e. The average molecular weight is 430 g/mol. The van der Waals surface area contributed by atoms with E-state index in [4.69, 9.17) is 9.97 Å². The molecule has 0 saturated carbocycles. The van der Waals surface area contributed by atoms with Crippen molar-refractivity contribution in [2.24, 2.45) is 0 Å². The molecule has 0 bridgehead atoms. The first kappa shape index (κ1) is 19.0. The zero-order valence-corrected chi connectivity index (χ0v) is 18.5. The van der Waals surface area contributed by atoms with Crippen molar-refractivity contribution < 1.29 is 29.7 Å². The fraction of sp³-hybridized carbons (Fsp3) is 0. The molecule has 136 valence electrons. The van der Waals surface area contributed by atoms with Crippen molar-refractivity contribution in [3.8, 4) is 34.0 Å². The fourth-order valence-corrected chi connectivity index (χ4v) is 3.45. The third-order valence-electron chi connectivity index (χ3n) is 4.88. The Kier molecular flexibility index (Phi) is 5.00. The topological polar surface area (TPSA) is 66.2 Å². The molecule has 29 heavy (non-hydrogen) atoms. The predicted octanol–water partition coefficient (Wildman–Crippen LogP) is 5.53. The molecule has 4 nitrogen and oxygen atoms in total. The van der Waals surface area contributed by atoms with Gasteiger partial charge in [-0.25, -0.2) is 9.97 Å². The molecule has 0 unspecified atom stereocenters. The summed E-state index contributed by atoms with van der Waals surface area (Å²) in [7, 11) is 0. The summed E-state index contributed by atoms with van der Waals surface area (Å²) >= 11 is 0. The molecule has 5 heteroatoms. The smallest absolute Gasteiger partial charge is 0.124 e. The molecule has 3 aromatic carbocycles. The standard InChI is InChI=1S/C24H16N2O2.Zn/c27-21-7-3-1-5-17(21)19-13-11-15-9-10-16-12-14-20(26-24(16)23(15)25-19)18-6-2-4-8-22(18)28;/h1-14,27-28H;. The molecular weight excluding hydrogens is 414 g/mol. The molecule has 5 rings (SSSR count). The number of benzene rings is 3. The Labute approximate surface area is 180 Å². The zero-order chi connectivity index (χ0) is 19.1. The first-order chi connectivity index (χ1) is 13.7. The Balaban J connectivity index is 0.00000205. The van der Waals surface area contributed by atoms with E-state index >= 15 is 0 Å². The maximum Gasteiger partial charge on any atom is 0.124 e. The van der Waals surface area contributed by atoms with E-state index in [-0.39, 0.29) is 31.0 Å². The van der Waals surface area contributed by atoms with E-state index < -0.39 is 0 Å². The van der Waals surface area contributed by atoms with Gasteiger partial charge in [-0.2, -0.15) is 0 Å². The van der Waals surface area contributed by atoms with Crippen molar-refractivity contribution in [3.05, 3.63) is 84.9 Å².